The summed E-state index contributed by atoms with van der Waals surface area (Å²) < 4.78 is 18.5. The van der Waals surface area contributed by atoms with Gasteiger partial charge < -0.3 is 18.9 Å². The Labute approximate surface area is 561 Å². The fourth-order valence-electron chi connectivity index (χ4n) is 5.29. The fourth-order valence-corrected chi connectivity index (χ4v) is 8.06. The minimum Gasteiger partial charge on any atom is -0.468 e. The summed E-state index contributed by atoms with van der Waals surface area (Å²) in [4.78, 5) is 41.3. The van der Waals surface area contributed by atoms with Crippen molar-refractivity contribution in [2.45, 2.75) is 114 Å². The first-order valence-electron chi connectivity index (χ1n) is 25.3. The highest BCUT2D eigenvalue weighted by atomic mass is 79.9. The first-order chi connectivity index (χ1) is 38.4. The van der Waals surface area contributed by atoms with E-state index in [0.717, 1.165) is 32.2 Å². The van der Waals surface area contributed by atoms with Crippen LogP contribution in [0.3, 0.4) is 0 Å². The average molecular weight is 1700 g/mol. The van der Waals surface area contributed by atoms with Gasteiger partial charge in [-0.15, -0.1) is 0 Å². The number of aryl methyl sites for hydroxylation is 3. The zero-order valence-corrected chi connectivity index (χ0v) is 62.7. The molecule has 0 aliphatic heterocycles. The van der Waals surface area contributed by atoms with E-state index in [0.29, 0.717) is 18.5 Å². The van der Waals surface area contributed by atoms with Crippen LogP contribution in [-0.4, -0.2) is 64.5 Å². The van der Waals surface area contributed by atoms with Gasteiger partial charge in [-0.1, -0.05) is 333 Å². The van der Waals surface area contributed by atoms with Crippen molar-refractivity contribution < 1.29 is 38.1 Å². The standard InChI is InChI=1S/C11H15Br.C9H9BrO2.3C8H9Br.C7H7Br.C6H11BrO2.C4H7BrO2.C3H5BrO2/c1-11(2,3)10-6-4-9(8-12)5-7-10;10-6-9(11)12-7-8-4-2-1-3-5-8;1-7-2-4-8(6-9)5-3-7;1-7-3-2-4-8(5-7)6-9;1-7-4-2-3-5-8(7)6-9;8-6-7-4-2-1-3-5-7;1-6(2,3)9-5(8)4-7;1-2-7-4(6)3-5;1-6-3(5)2-4/h4-7H,8H2,1-3H3;1-5H,6-7H2;3*2-5H,6H2,1H3;1-5H,6H2;4H2,1-3H3;2-3H2,1H3;2H2,1H3. The number of hydrogen-bond donors (Lipinski definition) is 0. The van der Waals surface area contributed by atoms with Crippen LogP contribution in [0.25, 0.3) is 0 Å². The molecule has 8 nitrogen and oxygen atoms in total. The lowest BCUT2D eigenvalue weighted by Gasteiger charge is -2.18. The van der Waals surface area contributed by atoms with E-state index in [1.807, 2.05) is 69.3 Å². The van der Waals surface area contributed by atoms with E-state index in [2.05, 4.69) is 304 Å². The first kappa shape index (κ1) is 82.7. The summed E-state index contributed by atoms with van der Waals surface area (Å²) in [6.45, 7) is 21.1. The van der Waals surface area contributed by atoms with Crippen molar-refractivity contribution in [2.24, 2.45) is 0 Å². The molecule has 17 heteroatoms. The third-order valence-electron chi connectivity index (χ3n) is 9.52. The zero-order valence-electron chi connectivity index (χ0n) is 48.5. The van der Waals surface area contributed by atoms with Crippen LogP contribution in [0.4, 0.5) is 0 Å². The summed E-state index contributed by atoms with van der Waals surface area (Å²) in [5.41, 5.74) is 13.0. The lowest BCUT2D eigenvalue weighted by atomic mass is 9.87. The monoisotopic (exact) mass is 1690 g/mol. The van der Waals surface area contributed by atoms with Crippen molar-refractivity contribution >= 4 is 167 Å². The molecular formula is C64H81Br9O8. The second kappa shape index (κ2) is 53.0. The van der Waals surface area contributed by atoms with Gasteiger partial charge in [0.1, 0.15) is 33.5 Å². The Hall–Kier alpha value is -2.48. The average Bonchev–Trinajstić information content (AvgIpc) is 3.49. The highest BCUT2D eigenvalue weighted by Crippen LogP contribution is 2.22. The smallest absolute Gasteiger partial charge is 0.317 e. The predicted molar refractivity (Wildman–Crippen MR) is 374 cm³/mol. The normalized spacial score (nSPS) is 9.73. The maximum absolute atomic E-state index is 10.7. The molecule has 0 saturated heterocycles. The van der Waals surface area contributed by atoms with Gasteiger partial charge in [-0.2, -0.15) is 0 Å². The Morgan fingerprint density at radius 3 is 1.12 bits per heavy atom. The molecule has 0 fully saturated rings. The van der Waals surface area contributed by atoms with Crippen LogP contribution in [0.15, 0.2) is 158 Å². The number of methoxy groups -OCH3 is 1. The Balaban J connectivity index is -0.000000851. The number of esters is 4. The van der Waals surface area contributed by atoms with E-state index in [-0.39, 0.29) is 50.9 Å². The van der Waals surface area contributed by atoms with E-state index >= 15 is 0 Å². The van der Waals surface area contributed by atoms with Crippen LogP contribution in [0.2, 0.25) is 0 Å². The van der Waals surface area contributed by atoms with E-state index in [1.165, 1.54) is 57.2 Å². The summed E-state index contributed by atoms with van der Waals surface area (Å²) >= 11 is 28.8. The second-order valence-corrected chi connectivity index (χ2v) is 23.7. The SMILES string of the molecule is BrCc1ccccc1.CC(C)(C)OC(=O)CBr.CC(C)(C)c1ccc(CBr)cc1.CCOC(=O)CBr.COC(=O)CBr.Cc1ccc(CBr)cc1.Cc1cccc(CBr)c1.Cc1ccccc1CBr.O=C(CBr)OCc1ccccc1. The Morgan fingerprint density at radius 1 is 0.407 bits per heavy atom. The summed E-state index contributed by atoms with van der Waals surface area (Å²) in [6.07, 6.45) is 0. The van der Waals surface area contributed by atoms with Gasteiger partial charge in [0.25, 0.3) is 0 Å². The molecule has 0 aromatic heterocycles. The molecule has 6 rings (SSSR count). The van der Waals surface area contributed by atoms with Gasteiger partial charge in [0.05, 0.1) is 13.7 Å². The van der Waals surface area contributed by atoms with Crippen molar-refractivity contribution in [1.29, 1.82) is 0 Å². The molecule has 0 aliphatic rings. The first-order valence-corrected chi connectivity index (χ1v) is 35.4. The molecule has 0 N–H and O–H groups in total. The molecule has 0 aliphatic carbocycles. The number of benzene rings is 6. The number of carbonyl (C=O) groups is 4. The number of halogens is 9. The van der Waals surface area contributed by atoms with E-state index in [1.54, 1.807) is 6.92 Å². The molecule has 0 amide bonds. The largest absolute Gasteiger partial charge is 0.468 e. The number of carbonyl (C=O) groups excluding carboxylic acids is 4. The lowest BCUT2D eigenvalue weighted by Crippen LogP contribution is -2.24. The van der Waals surface area contributed by atoms with Crippen molar-refractivity contribution in [3.8, 4) is 0 Å². The molecule has 6 aromatic rings. The summed E-state index contributed by atoms with van der Waals surface area (Å²) in [6, 6.07) is 54.0. The highest BCUT2D eigenvalue weighted by molar-refractivity contribution is 9.10. The molecule has 448 valence electrons. The highest BCUT2D eigenvalue weighted by Gasteiger charge is 2.14. The third kappa shape index (κ3) is 50.6. The van der Waals surface area contributed by atoms with Gasteiger partial charge in [-0.25, -0.2) is 0 Å². The second-order valence-electron chi connectivity index (χ2n) is 18.7. The van der Waals surface area contributed by atoms with Gasteiger partial charge in [0.15, 0.2) is 0 Å². The van der Waals surface area contributed by atoms with E-state index in [9.17, 15) is 19.2 Å². The van der Waals surface area contributed by atoms with Gasteiger partial charge >= 0.3 is 23.9 Å². The molecule has 6 aromatic carbocycles. The Kier molecular flexibility index (Phi) is 54.2. The van der Waals surface area contributed by atoms with Gasteiger partial charge in [-0.3, -0.25) is 19.2 Å². The van der Waals surface area contributed by atoms with Crippen molar-refractivity contribution in [2.75, 3.05) is 35.0 Å². The molecule has 0 atom stereocenters. The molecule has 0 saturated carbocycles. The van der Waals surface area contributed by atoms with Crippen LogP contribution < -0.4 is 0 Å². The van der Waals surface area contributed by atoms with Gasteiger partial charge in [0.2, 0.25) is 0 Å². The van der Waals surface area contributed by atoms with E-state index in [4.69, 9.17) is 9.47 Å². The topological polar surface area (TPSA) is 105 Å². The molecule has 0 spiro atoms. The number of hydrogen-bond acceptors (Lipinski definition) is 8. The van der Waals surface area contributed by atoms with Crippen LogP contribution >= 0.6 is 143 Å². The summed E-state index contributed by atoms with van der Waals surface area (Å²) in [7, 11) is 1.35. The predicted octanol–water partition coefficient (Wildman–Crippen LogP) is 20.5. The van der Waals surface area contributed by atoms with E-state index < -0.39 is 0 Å². The quantitative estimate of drug-likeness (QED) is 0.0678. The van der Waals surface area contributed by atoms with Gasteiger partial charge in [0, 0.05) is 26.7 Å². The maximum Gasteiger partial charge on any atom is 0.317 e. The minimum atomic E-state index is -0.356. The van der Waals surface area contributed by atoms with Crippen LogP contribution in [0.5, 0.6) is 0 Å². The summed E-state index contributed by atoms with van der Waals surface area (Å²) in [5, 5.41) is 5.85. The third-order valence-corrected chi connectivity index (χ3v) is 14.5. The Bertz CT molecular complexity index is 2500. The Morgan fingerprint density at radius 2 is 0.815 bits per heavy atom. The molecular weight excluding hydrogens is 1620 g/mol. The lowest BCUT2D eigenvalue weighted by molar-refractivity contribution is -0.151. The summed E-state index contributed by atoms with van der Waals surface area (Å²) in [5.74, 6) is -0.904. The zero-order chi connectivity index (χ0) is 62.1. The van der Waals surface area contributed by atoms with Crippen molar-refractivity contribution in [3.63, 3.8) is 0 Å². The number of rotatable bonds is 12. The van der Waals surface area contributed by atoms with Crippen LogP contribution in [-0.2, 0) is 76.8 Å². The molecule has 0 unspecified atom stereocenters. The molecule has 0 radical (unpaired) electrons. The van der Waals surface area contributed by atoms with Gasteiger partial charge in [-0.05, 0) is 98.4 Å². The number of alkyl halides is 9. The molecule has 0 heterocycles. The fraction of sp³-hybridized carbons (Fsp3) is 0.375. The molecule has 0 bridgehead atoms. The van der Waals surface area contributed by atoms with Crippen LogP contribution in [0, 0.1) is 20.8 Å². The van der Waals surface area contributed by atoms with Crippen LogP contribution in [0.1, 0.15) is 104 Å². The number of ether oxygens (including phenoxy) is 4. The maximum atomic E-state index is 10.7. The minimum absolute atomic E-state index is 0.206. The molecule has 81 heavy (non-hydrogen) atoms. The van der Waals surface area contributed by atoms with Crippen molar-refractivity contribution in [1.82, 2.24) is 0 Å². The van der Waals surface area contributed by atoms with Crippen molar-refractivity contribution in [3.05, 3.63) is 213 Å².